The van der Waals surface area contributed by atoms with Crippen molar-refractivity contribution in [3.8, 4) is 11.5 Å². The number of nitrogens with zero attached hydrogens (tertiary/aromatic N) is 3. The van der Waals surface area contributed by atoms with Crippen molar-refractivity contribution in [3.63, 3.8) is 0 Å². The summed E-state index contributed by atoms with van der Waals surface area (Å²) in [5, 5.41) is 0.593. The summed E-state index contributed by atoms with van der Waals surface area (Å²) in [6.45, 7) is 7.75. The summed E-state index contributed by atoms with van der Waals surface area (Å²) < 4.78 is 17.2. The average molecular weight is 407 g/mol. The van der Waals surface area contributed by atoms with Gasteiger partial charge in [0.25, 0.3) is 0 Å². The molecule has 8 heteroatoms. The second kappa shape index (κ2) is 8.84. The van der Waals surface area contributed by atoms with E-state index in [1.807, 2.05) is 32.9 Å². The summed E-state index contributed by atoms with van der Waals surface area (Å²) in [4.78, 5) is 10.8. The molecule has 0 spiro atoms. The second-order valence-corrected chi connectivity index (χ2v) is 7.46. The van der Waals surface area contributed by atoms with Gasteiger partial charge in [-0.05, 0) is 38.8 Å². The van der Waals surface area contributed by atoms with Crippen molar-refractivity contribution in [2.24, 2.45) is 0 Å². The highest BCUT2D eigenvalue weighted by molar-refractivity contribution is 6.31. The molecule has 0 saturated carbocycles. The van der Waals surface area contributed by atoms with Crippen LogP contribution in [0.3, 0.4) is 0 Å². The smallest absolute Gasteiger partial charge is 0.222 e. The van der Waals surface area contributed by atoms with Crippen LogP contribution in [0.2, 0.25) is 5.02 Å². The molecule has 2 aromatic rings. The Balaban J connectivity index is 2.05. The molecule has 1 aromatic heterocycles. The summed E-state index contributed by atoms with van der Waals surface area (Å²) in [7, 11) is 1.62. The number of anilines is 2. The zero-order valence-electron chi connectivity index (χ0n) is 16.7. The zero-order valence-corrected chi connectivity index (χ0v) is 17.5. The molecule has 2 N–H and O–H groups in total. The van der Waals surface area contributed by atoms with Gasteiger partial charge in [0, 0.05) is 36.0 Å². The third kappa shape index (κ3) is 4.59. The van der Waals surface area contributed by atoms with E-state index < -0.39 is 0 Å². The van der Waals surface area contributed by atoms with Crippen LogP contribution >= 0.6 is 11.6 Å². The fourth-order valence-corrected chi connectivity index (χ4v) is 3.62. The maximum absolute atomic E-state index is 6.67. The van der Waals surface area contributed by atoms with Crippen LogP contribution in [-0.2, 0) is 4.74 Å². The fraction of sp³-hybridized carbons (Fsp3) is 0.500. The highest BCUT2D eigenvalue weighted by Crippen LogP contribution is 2.40. The van der Waals surface area contributed by atoms with Gasteiger partial charge >= 0.3 is 0 Å². The Hall–Kier alpha value is -2.25. The minimum absolute atomic E-state index is 0.0144. The van der Waals surface area contributed by atoms with Crippen molar-refractivity contribution < 1.29 is 14.2 Å². The van der Waals surface area contributed by atoms with Gasteiger partial charge in [0.2, 0.25) is 5.95 Å². The molecule has 0 radical (unpaired) electrons. The van der Waals surface area contributed by atoms with Crippen LogP contribution in [-0.4, -0.2) is 42.9 Å². The lowest BCUT2D eigenvalue weighted by atomic mass is 10.0. The molecule has 0 aliphatic carbocycles. The van der Waals surface area contributed by atoms with E-state index in [4.69, 9.17) is 31.5 Å². The summed E-state index contributed by atoms with van der Waals surface area (Å²) in [5.74, 6) is 2.27. The van der Waals surface area contributed by atoms with Gasteiger partial charge in [-0.2, -0.15) is 4.98 Å². The van der Waals surface area contributed by atoms with E-state index in [0.29, 0.717) is 29.7 Å². The van der Waals surface area contributed by atoms with E-state index in [9.17, 15) is 0 Å². The Morgan fingerprint density at radius 2 is 2.04 bits per heavy atom. The maximum atomic E-state index is 6.67. The molecule has 0 amide bonds. The van der Waals surface area contributed by atoms with Crippen LogP contribution in [0.1, 0.15) is 37.6 Å². The van der Waals surface area contributed by atoms with Crippen LogP contribution in [0.4, 0.5) is 11.8 Å². The number of hydrogen-bond donors (Lipinski definition) is 1. The van der Waals surface area contributed by atoms with E-state index in [2.05, 4.69) is 14.9 Å². The van der Waals surface area contributed by atoms with E-state index in [-0.39, 0.29) is 18.1 Å². The molecule has 7 nitrogen and oxygen atoms in total. The zero-order chi connectivity index (χ0) is 20.3. The number of aryl methyl sites for hydroxylation is 1. The normalized spacial score (nSPS) is 17.5. The van der Waals surface area contributed by atoms with Crippen molar-refractivity contribution in [1.29, 1.82) is 0 Å². The standard InChI is InChI=1S/C20H27ClN4O3/c1-12(2)28-18-10-15(21)14(9-17(18)26-4)16-11-27-7-5-6-25(16)19-8-13(3)23-20(22)24-19/h8-10,12,16H,5-7,11H2,1-4H3,(H2,22,23,24). The highest BCUT2D eigenvalue weighted by atomic mass is 35.5. The third-order valence-electron chi connectivity index (χ3n) is 4.50. The Morgan fingerprint density at radius 1 is 1.25 bits per heavy atom. The summed E-state index contributed by atoms with van der Waals surface area (Å²) >= 11 is 6.67. The molecule has 1 aliphatic heterocycles. The lowest BCUT2D eigenvalue weighted by Gasteiger charge is -2.32. The molecule has 1 aliphatic rings. The summed E-state index contributed by atoms with van der Waals surface area (Å²) in [5.41, 5.74) is 7.60. The lowest BCUT2D eigenvalue weighted by molar-refractivity contribution is 0.134. The van der Waals surface area contributed by atoms with Crippen LogP contribution in [0.5, 0.6) is 11.5 Å². The first-order chi connectivity index (χ1) is 13.4. The minimum Gasteiger partial charge on any atom is -0.493 e. The van der Waals surface area contributed by atoms with Crippen LogP contribution < -0.4 is 20.1 Å². The quantitative estimate of drug-likeness (QED) is 0.808. The highest BCUT2D eigenvalue weighted by Gasteiger charge is 2.28. The predicted molar refractivity (Wildman–Crippen MR) is 110 cm³/mol. The molecule has 1 atom stereocenters. The molecular formula is C20H27ClN4O3. The van der Waals surface area contributed by atoms with Crippen molar-refractivity contribution >= 4 is 23.4 Å². The van der Waals surface area contributed by atoms with E-state index in [0.717, 1.165) is 30.0 Å². The second-order valence-electron chi connectivity index (χ2n) is 7.05. The number of halogens is 1. The lowest BCUT2D eigenvalue weighted by Crippen LogP contribution is -2.32. The number of methoxy groups -OCH3 is 1. The Bertz CT molecular complexity index is 811. The molecular weight excluding hydrogens is 380 g/mol. The fourth-order valence-electron chi connectivity index (χ4n) is 3.34. The SMILES string of the molecule is COc1cc(C2COCCCN2c2cc(C)nc(N)n2)c(Cl)cc1OC(C)C. The molecule has 1 unspecified atom stereocenters. The third-order valence-corrected chi connectivity index (χ3v) is 4.82. The molecule has 28 heavy (non-hydrogen) atoms. The van der Waals surface area contributed by atoms with Gasteiger partial charge in [-0.15, -0.1) is 0 Å². The number of hydrogen-bond acceptors (Lipinski definition) is 7. The molecule has 3 rings (SSSR count). The van der Waals surface area contributed by atoms with Crippen LogP contribution in [0, 0.1) is 6.92 Å². The Morgan fingerprint density at radius 3 is 2.71 bits per heavy atom. The van der Waals surface area contributed by atoms with Crippen LogP contribution in [0.25, 0.3) is 0 Å². The van der Waals surface area contributed by atoms with Gasteiger partial charge < -0.3 is 24.8 Å². The first-order valence-corrected chi connectivity index (χ1v) is 9.76. The van der Waals surface area contributed by atoms with Crippen molar-refractivity contribution in [2.75, 3.05) is 37.5 Å². The number of benzene rings is 1. The Kier molecular flexibility index (Phi) is 6.46. The number of ether oxygens (including phenoxy) is 3. The van der Waals surface area contributed by atoms with Gasteiger partial charge in [-0.25, -0.2) is 4.98 Å². The van der Waals surface area contributed by atoms with Gasteiger partial charge in [-0.3, -0.25) is 0 Å². The van der Waals surface area contributed by atoms with Gasteiger partial charge in [0.1, 0.15) is 5.82 Å². The molecule has 1 fully saturated rings. The largest absolute Gasteiger partial charge is 0.493 e. The van der Waals surface area contributed by atoms with Gasteiger partial charge in [-0.1, -0.05) is 11.6 Å². The number of rotatable bonds is 5. The van der Waals surface area contributed by atoms with E-state index >= 15 is 0 Å². The first-order valence-electron chi connectivity index (χ1n) is 9.38. The summed E-state index contributed by atoms with van der Waals surface area (Å²) in [6, 6.07) is 5.52. The minimum atomic E-state index is -0.134. The van der Waals surface area contributed by atoms with Crippen LogP contribution in [0.15, 0.2) is 18.2 Å². The maximum Gasteiger partial charge on any atom is 0.222 e. The predicted octanol–water partition coefficient (Wildman–Crippen LogP) is 3.78. The summed E-state index contributed by atoms with van der Waals surface area (Å²) in [6.07, 6.45) is 0.892. The topological polar surface area (TPSA) is 82.7 Å². The monoisotopic (exact) mass is 406 g/mol. The van der Waals surface area contributed by atoms with Crippen molar-refractivity contribution in [3.05, 3.63) is 34.5 Å². The number of nitrogen functional groups attached to an aromatic ring is 1. The average Bonchev–Trinajstić information content (AvgIpc) is 2.86. The molecule has 1 aromatic carbocycles. The molecule has 2 heterocycles. The van der Waals surface area contributed by atoms with Crippen molar-refractivity contribution in [2.45, 2.75) is 39.3 Å². The first kappa shape index (κ1) is 20.5. The van der Waals surface area contributed by atoms with E-state index in [1.165, 1.54) is 0 Å². The number of aromatic nitrogens is 2. The number of nitrogens with two attached hydrogens (primary N) is 1. The molecule has 0 bridgehead atoms. The van der Waals surface area contributed by atoms with E-state index in [1.54, 1.807) is 13.2 Å². The van der Waals surface area contributed by atoms with Crippen molar-refractivity contribution in [1.82, 2.24) is 9.97 Å². The Labute approximate surface area is 170 Å². The van der Waals surface area contributed by atoms with Gasteiger partial charge in [0.15, 0.2) is 11.5 Å². The molecule has 1 saturated heterocycles. The molecule has 152 valence electrons. The van der Waals surface area contributed by atoms with Gasteiger partial charge in [0.05, 0.1) is 25.9 Å².